The summed E-state index contributed by atoms with van der Waals surface area (Å²) in [5, 5.41) is 0.601. The van der Waals surface area contributed by atoms with Gasteiger partial charge in [-0.3, -0.25) is 9.59 Å². The van der Waals surface area contributed by atoms with Gasteiger partial charge in [-0.05, 0) is 68.1 Å². The third-order valence-electron chi connectivity index (χ3n) is 6.90. The fourth-order valence-corrected chi connectivity index (χ4v) is 4.95. The smallest absolute Gasteiger partial charge is 0.257 e. The van der Waals surface area contributed by atoms with Gasteiger partial charge in [-0.1, -0.05) is 66.9 Å². The van der Waals surface area contributed by atoms with Gasteiger partial charge in [0.15, 0.2) is 0 Å². The Bertz CT molecular complexity index is 1170. The molecule has 3 aromatic carbocycles. The zero-order valence-corrected chi connectivity index (χ0v) is 22.2. The van der Waals surface area contributed by atoms with Crippen molar-refractivity contribution < 1.29 is 14.3 Å². The summed E-state index contributed by atoms with van der Waals surface area (Å²) in [5.41, 5.74) is 2.31. The quantitative estimate of drug-likeness (QED) is 0.395. The van der Waals surface area contributed by atoms with Crippen LogP contribution in [0.4, 0.5) is 0 Å². The summed E-state index contributed by atoms with van der Waals surface area (Å²) in [6, 6.07) is 24.5. The normalized spacial score (nSPS) is 17.5. The summed E-state index contributed by atoms with van der Waals surface area (Å²) in [6.45, 7) is 4.31. The first-order valence-corrected chi connectivity index (χ1v) is 13.6. The Kier molecular flexibility index (Phi) is 9.61. The fraction of sp³-hybridized carbons (Fsp3) is 0.355. The summed E-state index contributed by atoms with van der Waals surface area (Å²) >= 11 is 6.09. The predicted octanol–water partition coefficient (Wildman–Crippen LogP) is 6.51. The first kappa shape index (κ1) is 26.7. The number of hydrogen-bond donors (Lipinski definition) is 0. The molecule has 0 saturated carbocycles. The highest BCUT2D eigenvalue weighted by atomic mass is 35.5. The van der Waals surface area contributed by atoms with Crippen LogP contribution in [0.2, 0.25) is 5.02 Å². The molecule has 1 atom stereocenters. The van der Waals surface area contributed by atoms with E-state index in [4.69, 9.17) is 16.3 Å². The molecule has 5 nitrogen and oxygen atoms in total. The largest absolute Gasteiger partial charge is 0.491 e. The molecule has 6 heteroatoms. The molecule has 0 unspecified atom stereocenters. The highest BCUT2D eigenvalue weighted by Crippen LogP contribution is 2.24. The molecule has 0 N–H and O–H groups in total. The molecule has 0 aliphatic carbocycles. The van der Waals surface area contributed by atoms with Crippen molar-refractivity contribution in [3.63, 3.8) is 0 Å². The van der Waals surface area contributed by atoms with Crippen molar-refractivity contribution in [2.24, 2.45) is 0 Å². The molecule has 0 saturated heterocycles. The van der Waals surface area contributed by atoms with Crippen LogP contribution in [0.5, 0.6) is 5.75 Å². The molecule has 37 heavy (non-hydrogen) atoms. The van der Waals surface area contributed by atoms with Crippen molar-refractivity contribution in [2.75, 3.05) is 26.2 Å². The number of nitrogens with zero attached hydrogens (tertiary/aromatic N) is 2. The van der Waals surface area contributed by atoms with E-state index in [1.54, 1.807) is 24.3 Å². The molecule has 0 spiro atoms. The van der Waals surface area contributed by atoms with Crippen molar-refractivity contribution in [3.8, 4) is 5.75 Å². The lowest BCUT2D eigenvalue weighted by molar-refractivity contribution is 0.0597. The van der Waals surface area contributed by atoms with E-state index in [-0.39, 0.29) is 24.5 Å². The number of amides is 2. The van der Waals surface area contributed by atoms with E-state index < -0.39 is 0 Å². The van der Waals surface area contributed by atoms with Crippen LogP contribution in [0.1, 0.15) is 58.9 Å². The maximum Gasteiger partial charge on any atom is 0.257 e. The second kappa shape index (κ2) is 13.3. The van der Waals surface area contributed by atoms with Crippen molar-refractivity contribution in [3.05, 3.63) is 101 Å². The molecule has 0 bridgehead atoms. The molecule has 1 aliphatic rings. The summed E-state index contributed by atoms with van der Waals surface area (Å²) in [6.07, 6.45) is 4.47. The Morgan fingerprint density at radius 2 is 1.57 bits per heavy atom. The monoisotopic (exact) mass is 518 g/mol. The van der Waals surface area contributed by atoms with Crippen LogP contribution >= 0.6 is 11.6 Å². The topological polar surface area (TPSA) is 49.9 Å². The average molecular weight is 519 g/mol. The highest BCUT2D eigenvalue weighted by Gasteiger charge is 2.27. The van der Waals surface area contributed by atoms with Gasteiger partial charge in [0.1, 0.15) is 12.4 Å². The Balaban J connectivity index is 1.68. The summed E-state index contributed by atoms with van der Waals surface area (Å²) < 4.78 is 6.35. The minimum Gasteiger partial charge on any atom is -0.491 e. The summed E-state index contributed by atoms with van der Waals surface area (Å²) in [7, 11) is 0. The number of benzene rings is 3. The highest BCUT2D eigenvalue weighted by molar-refractivity contribution is 6.30. The Morgan fingerprint density at radius 1 is 0.892 bits per heavy atom. The van der Waals surface area contributed by atoms with E-state index in [0.717, 1.165) is 31.2 Å². The lowest BCUT2D eigenvalue weighted by Gasteiger charge is -2.33. The third-order valence-corrected chi connectivity index (χ3v) is 7.15. The van der Waals surface area contributed by atoms with Crippen LogP contribution in [0, 0.1) is 0 Å². The lowest BCUT2D eigenvalue weighted by Crippen LogP contribution is -2.45. The van der Waals surface area contributed by atoms with E-state index in [2.05, 4.69) is 12.1 Å². The molecular formula is C31H35ClN2O3. The van der Waals surface area contributed by atoms with Crippen LogP contribution in [0.25, 0.3) is 0 Å². The van der Waals surface area contributed by atoms with Gasteiger partial charge in [0.25, 0.3) is 11.8 Å². The first-order chi connectivity index (χ1) is 18.1. The number of rotatable bonds is 4. The molecule has 0 aromatic heterocycles. The van der Waals surface area contributed by atoms with Crippen molar-refractivity contribution in [1.82, 2.24) is 9.80 Å². The molecule has 0 radical (unpaired) electrons. The number of fused-ring (bicyclic) bond motifs is 1. The second-order valence-corrected chi connectivity index (χ2v) is 9.89. The molecule has 1 aliphatic heterocycles. The van der Waals surface area contributed by atoms with Gasteiger partial charge in [0.05, 0.1) is 11.6 Å². The van der Waals surface area contributed by atoms with Crippen LogP contribution in [-0.4, -0.2) is 53.9 Å². The minimum atomic E-state index is -0.209. The van der Waals surface area contributed by atoms with E-state index in [1.807, 2.05) is 59.2 Å². The number of carbonyl (C=O) groups is 2. The summed E-state index contributed by atoms with van der Waals surface area (Å²) in [4.78, 5) is 31.0. The maximum atomic E-state index is 13.8. The van der Waals surface area contributed by atoms with Gasteiger partial charge in [-0.25, -0.2) is 0 Å². The maximum absolute atomic E-state index is 13.8. The van der Waals surface area contributed by atoms with E-state index in [1.165, 1.54) is 0 Å². The first-order valence-electron chi connectivity index (χ1n) is 13.2. The Hall–Kier alpha value is -3.31. The molecule has 0 fully saturated rings. The van der Waals surface area contributed by atoms with E-state index in [0.29, 0.717) is 48.0 Å². The molecular weight excluding hydrogens is 484 g/mol. The number of para-hydroxylation sites is 1. The number of ether oxygens (including phenoxy) is 1. The van der Waals surface area contributed by atoms with Gasteiger partial charge in [0, 0.05) is 30.2 Å². The molecule has 4 rings (SSSR count). The molecule has 3 aromatic rings. The average Bonchev–Trinajstić information content (AvgIpc) is 2.93. The van der Waals surface area contributed by atoms with Gasteiger partial charge < -0.3 is 14.5 Å². The van der Waals surface area contributed by atoms with Gasteiger partial charge in [-0.15, -0.1) is 0 Å². The van der Waals surface area contributed by atoms with Crippen molar-refractivity contribution >= 4 is 23.4 Å². The fourth-order valence-electron chi connectivity index (χ4n) is 4.82. The van der Waals surface area contributed by atoms with Crippen molar-refractivity contribution in [1.29, 1.82) is 0 Å². The number of halogens is 1. The lowest BCUT2D eigenvalue weighted by atomic mass is 10.0. The predicted molar refractivity (Wildman–Crippen MR) is 148 cm³/mol. The minimum absolute atomic E-state index is 0.0103. The Morgan fingerprint density at radius 3 is 2.30 bits per heavy atom. The number of hydrogen-bond acceptors (Lipinski definition) is 3. The van der Waals surface area contributed by atoms with E-state index >= 15 is 0 Å². The third kappa shape index (κ3) is 7.14. The van der Waals surface area contributed by atoms with Gasteiger partial charge in [-0.2, -0.15) is 0 Å². The zero-order valence-electron chi connectivity index (χ0n) is 21.4. The number of carbonyl (C=O) groups excluding carboxylic acids is 2. The van der Waals surface area contributed by atoms with Crippen molar-refractivity contribution in [2.45, 2.75) is 45.1 Å². The zero-order chi connectivity index (χ0) is 26.0. The van der Waals surface area contributed by atoms with Crippen LogP contribution in [-0.2, 0) is 6.42 Å². The Labute approximate surface area is 225 Å². The van der Waals surface area contributed by atoms with Gasteiger partial charge >= 0.3 is 0 Å². The second-order valence-electron chi connectivity index (χ2n) is 9.46. The summed E-state index contributed by atoms with van der Waals surface area (Å²) in [5.74, 6) is 0.513. The molecule has 1 heterocycles. The van der Waals surface area contributed by atoms with Gasteiger partial charge in [0.2, 0.25) is 0 Å². The standard InChI is InChI=1S/C31H35ClN2O3/c1-2-33-20-10-3-4-11-21-34(30(35)25-16-18-26(32)19-17-25)27(22-24-12-6-5-7-13-24)23-37-29-15-9-8-14-28(29)31(33)36/h5-9,12-19,27H,2-4,10-11,20-23H2,1H3/t27-/m0/s1. The molecule has 2 amide bonds. The SMILES string of the molecule is CCN1CCCCCCN(C(=O)c2ccc(Cl)cc2)[C@@H](Cc2ccccc2)COc2ccccc2C1=O. The van der Waals surface area contributed by atoms with E-state index in [9.17, 15) is 9.59 Å². The van der Waals surface area contributed by atoms with Crippen LogP contribution in [0.3, 0.4) is 0 Å². The molecule has 194 valence electrons. The van der Waals surface area contributed by atoms with Crippen LogP contribution in [0.15, 0.2) is 78.9 Å². The van der Waals surface area contributed by atoms with Crippen LogP contribution < -0.4 is 4.74 Å².